The Balaban J connectivity index is 2.45. The SMILES string of the molecule is CNC(c1ccc(C)o1)c1cccc(Br)c1C. The minimum absolute atomic E-state index is 0.0983. The van der Waals surface area contributed by atoms with Gasteiger partial charge in [-0.25, -0.2) is 0 Å². The lowest BCUT2D eigenvalue weighted by molar-refractivity contribution is 0.443. The van der Waals surface area contributed by atoms with Crippen molar-refractivity contribution < 1.29 is 4.42 Å². The van der Waals surface area contributed by atoms with E-state index in [0.717, 1.165) is 16.0 Å². The van der Waals surface area contributed by atoms with Crippen molar-refractivity contribution in [1.29, 1.82) is 0 Å². The van der Waals surface area contributed by atoms with Gasteiger partial charge >= 0.3 is 0 Å². The molecule has 2 nitrogen and oxygen atoms in total. The van der Waals surface area contributed by atoms with Crippen LogP contribution in [0.2, 0.25) is 0 Å². The van der Waals surface area contributed by atoms with Crippen LogP contribution in [0.1, 0.15) is 28.7 Å². The Hall–Kier alpha value is -1.06. The number of aryl methyl sites for hydroxylation is 1. The van der Waals surface area contributed by atoms with Crippen molar-refractivity contribution in [2.45, 2.75) is 19.9 Å². The second-order valence-corrected chi connectivity index (χ2v) is 4.98. The van der Waals surface area contributed by atoms with Crippen molar-refractivity contribution in [3.8, 4) is 0 Å². The van der Waals surface area contributed by atoms with Crippen LogP contribution in [0.25, 0.3) is 0 Å². The van der Waals surface area contributed by atoms with Gasteiger partial charge in [-0.15, -0.1) is 0 Å². The topological polar surface area (TPSA) is 25.2 Å². The summed E-state index contributed by atoms with van der Waals surface area (Å²) in [4.78, 5) is 0. The second-order valence-electron chi connectivity index (χ2n) is 4.12. The van der Waals surface area contributed by atoms with Crippen LogP contribution in [-0.4, -0.2) is 7.05 Å². The lowest BCUT2D eigenvalue weighted by Gasteiger charge is -2.17. The fourth-order valence-corrected chi connectivity index (χ4v) is 2.38. The van der Waals surface area contributed by atoms with Crippen molar-refractivity contribution in [2.24, 2.45) is 0 Å². The molecule has 1 aromatic carbocycles. The molecule has 0 aliphatic rings. The van der Waals surface area contributed by atoms with Gasteiger partial charge in [-0.1, -0.05) is 28.1 Å². The zero-order valence-electron chi connectivity index (χ0n) is 10.3. The summed E-state index contributed by atoms with van der Waals surface area (Å²) in [5, 5.41) is 3.30. The Bertz CT molecular complexity index is 519. The van der Waals surface area contributed by atoms with Crippen molar-refractivity contribution >= 4 is 15.9 Å². The molecule has 1 heterocycles. The Labute approximate surface area is 110 Å². The molecule has 0 spiro atoms. The molecule has 2 aromatic rings. The molecule has 2 rings (SSSR count). The van der Waals surface area contributed by atoms with Gasteiger partial charge in [0, 0.05) is 4.47 Å². The minimum Gasteiger partial charge on any atom is -0.464 e. The molecule has 0 aliphatic heterocycles. The summed E-state index contributed by atoms with van der Waals surface area (Å²) < 4.78 is 6.83. The molecule has 0 aliphatic carbocycles. The van der Waals surface area contributed by atoms with Crippen molar-refractivity contribution in [3.63, 3.8) is 0 Å². The summed E-state index contributed by atoms with van der Waals surface area (Å²) in [6.07, 6.45) is 0. The number of furan rings is 1. The lowest BCUT2D eigenvalue weighted by atomic mass is 10.00. The third kappa shape index (κ3) is 2.45. The highest BCUT2D eigenvalue weighted by Crippen LogP contribution is 2.29. The number of halogens is 1. The van der Waals surface area contributed by atoms with Gasteiger partial charge < -0.3 is 9.73 Å². The predicted octanol–water partition coefficient (Wildman–Crippen LogP) is 3.97. The standard InChI is InChI=1S/C14H16BrNO/c1-9-7-8-13(17-9)14(16-3)11-5-4-6-12(15)10(11)2/h4-8,14,16H,1-3H3. The molecule has 3 heteroatoms. The highest BCUT2D eigenvalue weighted by atomic mass is 79.9. The van der Waals surface area contributed by atoms with Gasteiger partial charge in [0.2, 0.25) is 0 Å². The van der Waals surface area contributed by atoms with Crippen LogP contribution >= 0.6 is 15.9 Å². The molecule has 17 heavy (non-hydrogen) atoms. The van der Waals surface area contributed by atoms with Crippen LogP contribution < -0.4 is 5.32 Å². The third-order valence-electron chi connectivity index (χ3n) is 2.95. The Kier molecular flexibility index (Phi) is 3.69. The molecule has 0 bridgehead atoms. The molecule has 0 saturated heterocycles. The Morgan fingerprint density at radius 1 is 1.18 bits per heavy atom. The summed E-state index contributed by atoms with van der Waals surface area (Å²) in [7, 11) is 1.95. The number of rotatable bonds is 3. The van der Waals surface area contributed by atoms with E-state index in [4.69, 9.17) is 4.42 Å². The summed E-state index contributed by atoms with van der Waals surface area (Å²) in [6, 6.07) is 10.3. The Morgan fingerprint density at radius 2 is 1.94 bits per heavy atom. The maximum Gasteiger partial charge on any atom is 0.125 e. The van der Waals surface area contributed by atoms with Crippen LogP contribution in [0.4, 0.5) is 0 Å². The van der Waals surface area contributed by atoms with Gasteiger partial charge in [0.05, 0.1) is 6.04 Å². The molecule has 1 N–H and O–H groups in total. The van der Waals surface area contributed by atoms with E-state index in [-0.39, 0.29) is 6.04 Å². The van der Waals surface area contributed by atoms with Crippen molar-refractivity contribution in [3.05, 3.63) is 57.5 Å². The molecule has 0 radical (unpaired) electrons. The fraction of sp³-hybridized carbons (Fsp3) is 0.286. The number of hydrogen-bond donors (Lipinski definition) is 1. The van der Waals surface area contributed by atoms with Gasteiger partial charge in [0.1, 0.15) is 11.5 Å². The number of benzene rings is 1. The average molecular weight is 294 g/mol. The second kappa shape index (κ2) is 5.07. The first-order valence-electron chi connectivity index (χ1n) is 5.62. The van der Waals surface area contributed by atoms with Crippen LogP contribution in [0, 0.1) is 13.8 Å². The average Bonchev–Trinajstić information content (AvgIpc) is 2.72. The van der Waals surface area contributed by atoms with Gasteiger partial charge in [-0.05, 0) is 50.2 Å². The molecule has 0 fully saturated rings. The van der Waals surface area contributed by atoms with E-state index in [0.29, 0.717) is 0 Å². The molecule has 1 aromatic heterocycles. The van der Waals surface area contributed by atoms with E-state index in [1.54, 1.807) is 0 Å². The van der Waals surface area contributed by atoms with E-state index >= 15 is 0 Å². The van der Waals surface area contributed by atoms with Crippen molar-refractivity contribution in [2.75, 3.05) is 7.05 Å². The summed E-state index contributed by atoms with van der Waals surface area (Å²) >= 11 is 3.56. The largest absolute Gasteiger partial charge is 0.464 e. The van der Waals surface area contributed by atoms with E-state index in [9.17, 15) is 0 Å². The monoisotopic (exact) mass is 293 g/mol. The van der Waals surface area contributed by atoms with Crippen LogP contribution in [0.15, 0.2) is 39.2 Å². The maximum absolute atomic E-state index is 5.71. The summed E-state index contributed by atoms with van der Waals surface area (Å²) in [6.45, 7) is 4.07. The zero-order chi connectivity index (χ0) is 12.4. The van der Waals surface area contributed by atoms with E-state index < -0.39 is 0 Å². The lowest BCUT2D eigenvalue weighted by Crippen LogP contribution is -2.18. The number of nitrogens with one attached hydrogen (secondary N) is 1. The molecule has 1 unspecified atom stereocenters. The fourth-order valence-electron chi connectivity index (χ4n) is 2.00. The molecular weight excluding hydrogens is 278 g/mol. The zero-order valence-corrected chi connectivity index (χ0v) is 11.8. The molecule has 0 saturated carbocycles. The molecule has 0 amide bonds. The molecular formula is C14H16BrNO. The first-order valence-corrected chi connectivity index (χ1v) is 6.41. The van der Waals surface area contributed by atoms with E-state index in [1.165, 1.54) is 11.1 Å². The maximum atomic E-state index is 5.71. The van der Waals surface area contributed by atoms with Gasteiger partial charge in [-0.2, -0.15) is 0 Å². The highest BCUT2D eigenvalue weighted by molar-refractivity contribution is 9.10. The highest BCUT2D eigenvalue weighted by Gasteiger charge is 2.18. The first kappa shape index (κ1) is 12.4. The summed E-state index contributed by atoms with van der Waals surface area (Å²) in [5.74, 6) is 1.89. The molecule has 90 valence electrons. The predicted molar refractivity (Wildman–Crippen MR) is 73.2 cm³/mol. The normalized spacial score (nSPS) is 12.7. The van der Waals surface area contributed by atoms with E-state index in [2.05, 4.69) is 40.3 Å². The Morgan fingerprint density at radius 3 is 2.53 bits per heavy atom. The quantitative estimate of drug-likeness (QED) is 0.926. The van der Waals surface area contributed by atoms with Gasteiger partial charge in [-0.3, -0.25) is 0 Å². The molecule has 1 atom stereocenters. The van der Waals surface area contributed by atoms with Crippen LogP contribution in [0.3, 0.4) is 0 Å². The summed E-state index contributed by atoms with van der Waals surface area (Å²) in [5.41, 5.74) is 2.47. The minimum atomic E-state index is 0.0983. The first-order chi connectivity index (χ1) is 8.13. The van der Waals surface area contributed by atoms with Gasteiger partial charge in [0.15, 0.2) is 0 Å². The van der Waals surface area contributed by atoms with Crippen LogP contribution in [-0.2, 0) is 0 Å². The third-order valence-corrected chi connectivity index (χ3v) is 3.81. The van der Waals surface area contributed by atoms with Crippen molar-refractivity contribution in [1.82, 2.24) is 5.32 Å². The van der Waals surface area contributed by atoms with Gasteiger partial charge in [0.25, 0.3) is 0 Å². The van der Waals surface area contributed by atoms with E-state index in [1.807, 2.05) is 32.2 Å². The smallest absolute Gasteiger partial charge is 0.125 e. The number of hydrogen-bond acceptors (Lipinski definition) is 2. The van der Waals surface area contributed by atoms with Crippen LogP contribution in [0.5, 0.6) is 0 Å².